The van der Waals surface area contributed by atoms with Gasteiger partial charge in [0.1, 0.15) is 6.61 Å². The Morgan fingerprint density at radius 1 is 1.20 bits per heavy atom. The molecule has 0 aliphatic heterocycles. The van der Waals surface area contributed by atoms with Gasteiger partial charge in [0.2, 0.25) is 11.6 Å². The summed E-state index contributed by atoms with van der Waals surface area (Å²) in [6.07, 6.45) is 1.47. The predicted molar refractivity (Wildman–Crippen MR) is 127 cm³/mol. The maximum atomic E-state index is 12.7. The number of nitrogens with one attached hydrogen (secondary N) is 1. The average molecular weight is 497 g/mol. The Bertz CT molecular complexity index is 1350. The molecular weight excluding hydrogens is 476 g/mol. The highest BCUT2D eigenvalue weighted by molar-refractivity contribution is 6.30. The Labute approximate surface area is 204 Å². The molecule has 35 heavy (non-hydrogen) atoms. The highest BCUT2D eigenvalue weighted by atomic mass is 35.5. The van der Waals surface area contributed by atoms with Crippen LogP contribution in [0.4, 0.5) is 5.82 Å². The molecule has 1 amide bonds. The minimum atomic E-state index is -0.570. The molecule has 12 nitrogen and oxygen atoms in total. The molecule has 2 aromatic heterocycles. The Morgan fingerprint density at radius 2 is 2.00 bits per heavy atom. The van der Waals surface area contributed by atoms with Crippen molar-refractivity contribution in [2.24, 2.45) is 5.10 Å². The van der Waals surface area contributed by atoms with E-state index in [1.807, 2.05) is 19.1 Å². The van der Waals surface area contributed by atoms with Gasteiger partial charge in [-0.05, 0) is 65.6 Å². The largest absolute Gasteiger partial charge is 0.490 e. The summed E-state index contributed by atoms with van der Waals surface area (Å²) in [5, 5.41) is 19.6. The molecule has 2 aromatic carbocycles. The number of ether oxygens (including phenoxy) is 2. The molecule has 0 aliphatic carbocycles. The number of rotatable bonds is 9. The van der Waals surface area contributed by atoms with E-state index >= 15 is 0 Å². The Morgan fingerprint density at radius 3 is 2.71 bits per heavy atom. The third kappa shape index (κ3) is 5.55. The lowest BCUT2D eigenvalue weighted by Crippen LogP contribution is -2.22. The lowest BCUT2D eigenvalue weighted by Gasteiger charge is -2.12. The summed E-state index contributed by atoms with van der Waals surface area (Å²) in [5.74, 6) is 0.569. The number of amides is 1. The number of nitrogens with two attached hydrogens (primary N) is 1. The van der Waals surface area contributed by atoms with Gasteiger partial charge >= 0.3 is 0 Å². The number of anilines is 1. The molecule has 0 bridgehead atoms. The quantitative estimate of drug-likeness (QED) is 0.262. The monoisotopic (exact) mass is 496 g/mol. The smallest absolute Gasteiger partial charge is 0.292 e. The number of hydrogen-bond donors (Lipinski definition) is 2. The molecule has 0 unspecified atom stereocenters. The van der Waals surface area contributed by atoms with Crippen molar-refractivity contribution in [3.63, 3.8) is 0 Å². The Balaban J connectivity index is 1.45. The molecule has 0 atom stereocenters. The second-order valence-electron chi connectivity index (χ2n) is 7.16. The van der Waals surface area contributed by atoms with Gasteiger partial charge in [-0.25, -0.2) is 10.1 Å². The highest BCUT2D eigenvalue weighted by Gasteiger charge is 2.22. The van der Waals surface area contributed by atoms with Crippen LogP contribution in [0, 0.1) is 6.92 Å². The van der Waals surface area contributed by atoms with E-state index in [0.717, 1.165) is 10.2 Å². The van der Waals surface area contributed by atoms with Gasteiger partial charge in [0, 0.05) is 5.02 Å². The van der Waals surface area contributed by atoms with Gasteiger partial charge < -0.3 is 15.2 Å². The standard InChI is InChI=1S/C22H21ClN8O4/c1-3-33-18-10-15(6-9-17(18)34-12-14-4-7-16(23)8-5-14)11-25-27-22(32)19-13(2)26-30-31(19)21-20(24)28-35-29-21/h4-11H,3,12H2,1-2H3,(H2,24,28)(H,27,32)/b25-11+. The first-order valence-electron chi connectivity index (χ1n) is 10.4. The zero-order valence-corrected chi connectivity index (χ0v) is 19.6. The van der Waals surface area contributed by atoms with Crippen LogP contribution in [0.2, 0.25) is 5.02 Å². The van der Waals surface area contributed by atoms with Crippen LogP contribution < -0.4 is 20.6 Å². The van der Waals surface area contributed by atoms with E-state index in [2.05, 4.69) is 35.8 Å². The molecule has 0 spiro atoms. The molecule has 0 radical (unpaired) electrons. The second kappa shape index (κ2) is 10.7. The van der Waals surface area contributed by atoms with E-state index in [9.17, 15) is 4.79 Å². The zero-order valence-electron chi connectivity index (χ0n) is 18.8. The third-order valence-corrected chi connectivity index (χ3v) is 4.96. The van der Waals surface area contributed by atoms with Crippen molar-refractivity contribution in [1.82, 2.24) is 30.7 Å². The maximum Gasteiger partial charge on any atom is 0.292 e. The van der Waals surface area contributed by atoms with Crippen LogP contribution in [0.1, 0.15) is 34.2 Å². The summed E-state index contributed by atoms with van der Waals surface area (Å²) in [5.41, 5.74) is 10.2. The maximum absolute atomic E-state index is 12.7. The molecule has 3 N–H and O–H groups in total. The van der Waals surface area contributed by atoms with Gasteiger partial charge in [-0.1, -0.05) is 28.9 Å². The molecule has 180 valence electrons. The number of benzene rings is 2. The van der Waals surface area contributed by atoms with E-state index in [1.54, 1.807) is 37.3 Å². The summed E-state index contributed by atoms with van der Waals surface area (Å²) in [6.45, 7) is 4.29. The van der Waals surface area contributed by atoms with E-state index in [4.69, 9.17) is 26.8 Å². The lowest BCUT2D eigenvalue weighted by molar-refractivity contribution is 0.0946. The molecule has 0 saturated carbocycles. The van der Waals surface area contributed by atoms with Crippen LogP contribution in [0.25, 0.3) is 5.82 Å². The zero-order chi connectivity index (χ0) is 24.8. The van der Waals surface area contributed by atoms with Crippen molar-refractivity contribution in [2.75, 3.05) is 12.3 Å². The number of nitrogen functional groups attached to an aromatic ring is 1. The first-order valence-corrected chi connectivity index (χ1v) is 10.8. The molecule has 4 rings (SSSR count). The van der Waals surface area contributed by atoms with Crippen molar-refractivity contribution in [2.45, 2.75) is 20.5 Å². The van der Waals surface area contributed by atoms with Crippen molar-refractivity contribution in [3.05, 3.63) is 70.0 Å². The predicted octanol–water partition coefficient (Wildman–Crippen LogP) is 2.94. The van der Waals surface area contributed by atoms with Crippen LogP contribution >= 0.6 is 11.6 Å². The normalized spacial score (nSPS) is 11.1. The van der Waals surface area contributed by atoms with E-state index in [0.29, 0.717) is 41.0 Å². The molecule has 0 fully saturated rings. The topological polar surface area (TPSA) is 156 Å². The number of aryl methyl sites for hydroxylation is 1. The molecule has 2 heterocycles. The summed E-state index contributed by atoms with van der Waals surface area (Å²) in [6, 6.07) is 12.7. The molecule has 4 aromatic rings. The van der Waals surface area contributed by atoms with Crippen molar-refractivity contribution in [1.29, 1.82) is 0 Å². The number of carbonyl (C=O) groups excluding carboxylic acids is 1. The van der Waals surface area contributed by atoms with Gasteiger partial charge in [-0.3, -0.25) is 4.79 Å². The Kier molecular flexibility index (Phi) is 7.21. The van der Waals surface area contributed by atoms with Crippen LogP contribution in [-0.4, -0.2) is 44.0 Å². The van der Waals surface area contributed by atoms with Gasteiger partial charge in [0.15, 0.2) is 17.2 Å². The van der Waals surface area contributed by atoms with Gasteiger partial charge in [0.25, 0.3) is 5.91 Å². The fourth-order valence-corrected chi connectivity index (χ4v) is 3.18. The fourth-order valence-electron chi connectivity index (χ4n) is 3.06. The summed E-state index contributed by atoms with van der Waals surface area (Å²) in [4.78, 5) is 12.7. The molecule has 13 heteroatoms. The second-order valence-corrected chi connectivity index (χ2v) is 7.60. The average Bonchev–Trinajstić information content (AvgIpc) is 3.44. The number of aromatic nitrogens is 5. The van der Waals surface area contributed by atoms with Crippen LogP contribution in [0.3, 0.4) is 0 Å². The van der Waals surface area contributed by atoms with E-state index < -0.39 is 5.91 Å². The first kappa shape index (κ1) is 23.7. The Hall–Kier alpha value is -4.45. The SMILES string of the molecule is CCOc1cc(/C=N/NC(=O)c2c(C)nnn2-c2nonc2N)ccc1OCc1ccc(Cl)cc1. The number of hydrogen-bond acceptors (Lipinski definition) is 10. The summed E-state index contributed by atoms with van der Waals surface area (Å²) >= 11 is 5.93. The van der Waals surface area contributed by atoms with E-state index in [1.165, 1.54) is 6.21 Å². The van der Waals surface area contributed by atoms with Crippen molar-refractivity contribution < 1.29 is 18.9 Å². The summed E-state index contributed by atoms with van der Waals surface area (Å²) in [7, 11) is 0. The van der Waals surface area contributed by atoms with E-state index in [-0.39, 0.29) is 17.3 Å². The van der Waals surface area contributed by atoms with Crippen LogP contribution in [0.5, 0.6) is 11.5 Å². The number of nitrogens with zero attached hydrogens (tertiary/aromatic N) is 6. The number of halogens is 1. The minimum Gasteiger partial charge on any atom is -0.490 e. The minimum absolute atomic E-state index is 0.0331. The van der Waals surface area contributed by atoms with Gasteiger partial charge in [0.05, 0.1) is 18.5 Å². The molecule has 0 saturated heterocycles. The number of hydrazone groups is 1. The summed E-state index contributed by atoms with van der Waals surface area (Å²) < 4.78 is 17.3. The highest BCUT2D eigenvalue weighted by Crippen LogP contribution is 2.29. The molecular formula is C22H21ClN8O4. The van der Waals surface area contributed by atoms with Gasteiger partial charge in [-0.15, -0.1) is 5.10 Å². The lowest BCUT2D eigenvalue weighted by atomic mass is 10.2. The molecule has 0 aliphatic rings. The van der Waals surface area contributed by atoms with Crippen molar-refractivity contribution in [3.8, 4) is 17.3 Å². The fraction of sp³-hybridized carbons (Fsp3) is 0.182. The number of carbonyl (C=O) groups is 1. The van der Waals surface area contributed by atoms with Gasteiger partial charge in [-0.2, -0.15) is 9.78 Å². The third-order valence-electron chi connectivity index (χ3n) is 4.70. The van der Waals surface area contributed by atoms with Crippen LogP contribution in [-0.2, 0) is 6.61 Å². The van der Waals surface area contributed by atoms with Crippen molar-refractivity contribution >= 4 is 29.5 Å². The van der Waals surface area contributed by atoms with Crippen LogP contribution in [0.15, 0.2) is 52.2 Å². The first-order chi connectivity index (χ1) is 17.0.